The Morgan fingerprint density at radius 3 is 2.38 bits per heavy atom. The van der Waals surface area contributed by atoms with Gasteiger partial charge in [0, 0.05) is 5.56 Å². The van der Waals surface area contributed by atoms with E-state index >= 15 is 0 Å². The first-order valence-electron chi connectivity index (χ1n) is 4.38. The van der Waals surface area contributed by atoms with Gasteiger partial charge in [-0.15, -0.1) is 0 Å². The van der Waals surface area contributed by atoms with Gasteiger partial charge in [0.1, 0.15) is 10.8 Å². The van der Waals surface area contributed by atoms with Crippen molar-refractivity contribution in [3.63, 3.8) is 0 Å². The van der Waals surface area contributed by atoms with Crippen LogP contribution in [0.25, 0.3) is 11.3 Å². The Balaban J connectivity index is 2.66. The summed E-state index contributed by atoms with van der Waals surface area (Å²) in [5.41, 5.74) is 0.793. The van der Waals surface area contributed by atoms with Crippen LogP contribution in [0.5, 0.6) is 0 Å². The van der Waals surface area contributed by atoms with E-state index in [1.165, 1.54) is 0 Å². The number of rotatable bonds is 2. The largest absolute Gasteiger partial charge is 0.339 e. The molecule has 1 N–H and O–H groups in total. The lowest BCUT2D eigenvalue weighted by Gasteiger charge is -1.97. The summed E-state index contributed by atoms with van der Waals surface area (Å²) in [4.78, 5) is 13.0. The zero-order valence-electron chi connectivity index (χ0n) is 7.91. The fraction of sp³-hybridized carbons (Fsp3) is 0. The SMILES string of the molecule is O=[N+]([O-])c1c(-c2ccccc2)[nH]c(Cl)c1Cl. The second kappa shape index (κ2) is 4.15. The second-order valence-electron chi connectivity index (χ2n) is 3.10. The van der Waals surface area contributed by atoms with E-state index < -0.39 is 4.92 Å². The molecule has 0 saturated heterocycles. The van der Waals surface area contributed by atoms with Crippen LogP contribution in [-0.4, -0.2) is 9.91 Å². The Bertz CT molecular complexity index is 537. The molecule has 1 heterocycles. The molecule has 1 aromatic heterocycles. The highest BCUT2D eigenvalue weighted by molar-refractivity contribution is 6.43. The summed E-state index contributed by atoms with van der Waals surface area (Å²) in [7, 11) is 0. The number of aromatic nitrogens is 1. The minimum Gasteiger partial charge on any atom is -0.339 e. The van der Waals surface area contributed by atoms with Crippen molar-refractivity contribution in [3.8, 4) is 11.3 Å². The third-order valence-electron chi connectivity index (χ3n) is 2.12. The fourth-order valence-corrected chi connectivity index (χ4v) is 1.82. The summed E-state index contributed by atoms with van der Waals surface area (Å²) >= 11 is 11.5. The van der Waals surface area contributed by atoms with Gasteiger partial charge in [-0.2, -0.15) is 0 Å². The molecular formula is C10H6Cl2N2O2. The lowest BCUT2D eigenvalue weighted by molar-refractivity contribution is -0.383. The summed E-state index contributed by atoms with van der Waals surface area (Å²) in [5.74, 6) is 0. The number of nitro groups is 1. The van der Waals surface area contributed by atoms with Crippen LogP contribution in [0.2, 0.25) is 10.2 Å². The molecule has 0 saturated carbocycles. The smallest absolute Gasteiger partial charge is 0.314 e. The molecule has 2 rings (SSSR count). The van der Waals surface area contributed by atoms with Gasteiger partial charge in [-0.25, -0.2) is 0 Å². The Kier molecular flexibility index (Phi) is 2.85. The van der Waals surface area contributed by atoms with E-state index in [2.05, 4.69) is 4.98 Å². The Morgan fingerprint density at radius 2 is 1.81 bits per heavy atom. The molecule has 0 aliphatic heterocycles. The zero-order valence-corrected chi connectivity index (χ0v) is 9.42. The van der Waals surface area contributed by atoms with Gasteiger partial charge in [-0.3, -0.25) is 10.1 Å². The van der Waals surface area contributed by atoms with E-state index in [1.54, 1.807) is 24.3 Å². The summed E-state index contributed by atoms with van der Waals surface area (Å²) in [6, 6.07) is 8.86. The van der Waals surface area contributed by atoms with Crippen LogP contribution >= 0.6 is 23.2 Å². The highest BCUT2D eigenvalue weighted by atomic mass is 35.5. The van der Waals surface area contributed by atoms with E-state index in [9.17, 15) is 10.1 Å². The first-order chi connectivity index (χ1) is 7.61. The van der Waals surface area contributed by atoms with E-state index in [1.807, 2.05) is 6.07 Å². The van der Waals surface area contributed by atoms with Crippen molar-refractivity contribution in [2.75, 3.05) is 0 Å². The molecule has 0 amide bonds. The maximum atomic E-state index is 10.9. The molecule has 16 heavy (non-hydrogen) atoms. The lowest BCUT2D eigenvalue weighted by Crippen LogP contribution is -1.89. The van der Waals surface area contributed by atoms with Crippen molar-refractivity contribution >= 4 is 28.9 Å². The fourth-order valence-electron chi connectivity index (χ4n) is 1.42. The average molecular weight is 257 g/mol. The maximum Gasteiger partial charge on any atom is 0.314 e. The number of H-pyrrole nitrogens is 1. The van der Waals surface area contributed by atoms with E-state index in [0.29, 0.717) is 11.3 Å². The maximum absolute atomic E-state index is 10.9. The number of hydrogen-bond acceptors (Lipinski definition) is 2. The van der Waals surface area contributed by atoms with Crippen LogP contribution in [-0.2, 0) is 0 Å². The summed E-state index contributed by atoms with van der Waals surface area (Å²) in [6.45, 7) is 0. The number of nitrogens with one attached hydrogen (secondary N) is 1. The zero-order chi connectivity index (χ0) is 11.7. The van der Waals surface area contributed by atoms with Crippen molar-refractivity contribution in [3.05, 3.63) is 50.6 Å². The molecule has 0 atom stereocenters. The van der Waals surface area contributed by atoms with Crippen LogP contribution in [0.4, 0.5) is 5.69 Å². The van der Waals surface area contributed by atoms with E-state index in [0.717, 1.165) is 0 Å². The number of nitrogens with zero attached hydrogens (tertiary/aromatic N) is 1. The minimum absolute atomic E-state index is 0.0643. The van der Waals surface area contributed by atoms with Gasteiger partial charge in [0.2, 0.25) is 0 Å². The molecule has 1 aromatic carbocycles. The second-order valence-corrected chi connectivity index (χ2v) is 3.86. The standard InChI is InChI=1S/C10H6Cl2N2O2/c11-7-9(14(15)16)8(13-10(7)12)6-4-2-1-3-5-6/h1-5,13H. The molecule has 6 heteroatoms. The number of halogens is 2. The summed E-state index contributed by atoms with van der Waals surface area (Å²) < 4.78 is 0. The van der Waals surface area contributed by atoms with Crippen molar-refractivity contribution in [2.45, 2.75) is 0 Å². The van der Waals surface area contributed by atoms with Gasteiger partial charge in [0.15, 0.2) is 5.02 Å². The molecule has 0 bridgehead atoms. The highest BCUT2D eigenvalue weighted by Gasteiger charge is 2.25. The first-order valence-corrected chi connectivity index (χ1v) is 5.13. The molecular weight excluding hydrogens is 251 g/mol. The Labute approximate surface area is 101 Å². The topological polar surface area (TPSA) is 58.9 Å². The van der Waals surface area contributed by atoms with Gasteiger partial charge in [-0.05, 0) is 0 Å². The Hall–Kier alpha value is -1.52. The van der Waals surface area contributed by atoms with Gasteiger partial charge >= 0.3 is 5.69 Å². The molecule has 82 valence electrons. The van der Waals surface area contributed by atoms with Gasteiger partial charge in [0.25, 0.3) is 0 Å². The minimum atomic E-state index is -0.549. The average Bonchev–Trinajstić information content (AvgIpc) is 2.57. The number of benzene rings is 1. The number of aromatic amines is 1. The summed E-state index contributed by atoms with van der Waals surface area (Å²) in [5, 5.41) is 10.9. The lowest BCUT2D eigenvalue weighted by atomic mass is 10.1. The molecule has 0 aliphatic carbocycles. The van der Waals surface area contributed by atoms with Crippen LogP contribution in [0, 0.1) is 10.1 Å². The van der Waals surface area contributed by atoms with Crippen molar-refractivity contribution in [1.29, 1.82) is 0 Å². The van der Waals surface area contributed by atoms with Crippen molar-refractivity contribution < 1.29 is 4.92 Å². The van der Waals surface area contributed by atoms with E-state index in [-0.39, 0.29) is 15.9 Å². The van der Waals surface area contributed by atoms with Gasteiger partial charge < -0.3 is 4.98 Å². The molecule has 0 spiro atoms. The monoisotopic (exact) mass is 256 g/mol. The van der Waals surface area contributed by atoms with E-state index in [4.69, 9.17) is 23.2 Å². The highest BCUT2D eigenvalue weighted by Crippen LogP contribution is 2.40. The molecule has 4 nitrogen and oxygen atoms in total. The third kappa shape index (κ3) is 1.77. The quantitative estimate of drug-likeness (QED) is 0.655. The molecule has 0 fully saturated rings. The van der Waals surface area contributed by atoms with Crippen LogP contribution < -0.4 is 0 Å². The Morgan fingerprint density at radius 1 is 1.19 bits per heavy atom. The van der Waals surface area contributed by atoms with Crippen LogP contribution in [0.3, 0.4) is 0 Å². The van der Waals surface area contributed by atoms with Gasteiger partial charge in [0.05, 0.1) is 4.92 Å². The van der Waals surface area contributed by atoms with Gasteiger partial charge in [-0.1, -0.05) is 53.5 Å². The molecule has 0 radical (unpaired) electrons. The normalized spacial score (nSPS) is 10.4. The van der Waals surface area contributed by atoms with Crippen molar-refractivity contribution in [2.24, 2.45) is 0 Å². The number of hydrogen-bond donors (Lipinski definition) is 1. The van der Waals surface area contributed by atoms with Crippen molar-refractivity contribution in [1.82, 2.24) is 4.98 Å². The molecule has 0 aliphatic rings. The predicted octanol–water partition coefficient (Wildman–Crippen LogP) is 3.90. The molecule has 0 unspecified atom stereocenters. The van der Waals surface area contributed by atoms with Crippen LogP contribution in [0.15, 0.2) is 30.3 Å². The third-order valence-corrected chi connectivity index (χ3v) is 2.87. The summed E-state index contributed by atoms with van der Waals surface area (Å²) in [6.07, 6.45) is 0. The van der Waals surface area contributed by atoms with Crippen LogP contribution in [0.1, 0.15) is 0 Å². The predicted molar refractivity (Wildman–Crippen MR) is 62.9 cm³/mol. The molecule has 2 aromatic rings. The first kappa shape index (κ1) is 11.0.